The summed E-state index contributed by atoms with van der Waals surface area (Å²) in [5.74, 6) is -0.420. The van der Waals surface area contributed by atoms with Crippen molar-refractivity contribution in [3.63, 3.8) is 0 Å². The maximum atomic E-state index is 12.1. The van der Waals surface area contributed by atoms with Gasteiger partial charge in [-0.05, 0) is 12.5 Å². The topological polar surface area (TPSA) is 102 Å². The van der Waals surface area contributed by atoms with Crippen LogP contribution in [-0.4, -0.2) is 41.3 Å². The van der Waals surface area contributed by atoms with Gasteiger partial charge in [0.25, 0.3) is 11.6 Å². The minimum Gasteiger partial charge on any atom is -0.388 e. The minimum absolute atomic E-state index is 0.108. The Labute approximate surface area is 122 Å². The average Bonchev–Trinajstić information content (AvgIpc) is 2.46. The van der Waals surface area contributed by atoms with E-state index in [0.717, 1.165) is 0 Å². The van der Waals surface area contributed by atoms with E-state index in [1.54, 1.807) is 6.92 Å². The molecule has 21 heavy (non-hydrogen) atoms. The number of ether oxygens (including phenoxy) is 1. The van der Waals surface area contributed by atoms with E-state index < -0.39 is 16.4 Å². The summed E-state index contributed by atoms with van der Waals surface area (Å²) in [6.45, 7) is 2.74. The average molecular weight is 294 g/mol. The van der Waals surface area contributed by atoms with E-state index in [-0.39, 0.29) is 17.8 Å². The van der Waals surface area contributed by atoms with Crippen LogP contribution in [0.3, 0.4) is 0 Å². The molecule has 0 aliphatic carbocycles. The highest BCUT2D eigenvalue weighted by Crippen LogP contribution is 2.20. The van der Waals surface area contributed by atoms with Crippen molar-refractivity contribution in [2.45, 2.75) is 25.4 Å². The normalized spacial score (nSPS) is 17.2. The molecular formula is C14H18N2O5. The zero-order valence-electron chi connectivity index (χ0n) is 11.8. The molecule has 114 valence electrons. The number of rotatable bonds is 4. The van der Waals surface area contributed by atoms with E-state index in [9.17, 15) is 20.0 Å². The van der Waals surface area contributed by atoms with Gasteiger partial charge in [0.05, 0.1) is 10.5 Å². The third-order valence-electron chi connectivity index (χ3n) is 3.68. The van der Waals surface area contributed by atoms with Crippen LogP contribution in [0.4, 0.5) is 5.69 Å². The molecular weight excluding hydrogens is 276 g/mol. The van der Waals surface area contributed by atoms with Gasteiger partial charge in [0, 0.05) is 50.3 Å². The monoisotopic (exact) mass is 294 g/mol. The van der Waals surface area contributed by atoms with Crippen molar-refractivity contribution >= 4 is 11.6 Å². The van der Waals surface area contributed by atoms with Gasteiger partial charge in [0.15, 0.2) is 0 Å². The molecule has 1 saturated heterocycles. The smallest absolute Gasteiger partial charge is 0.270 e. The van der Waals surface area contributed by atoms with Gasteiger partial charge in [-0.1, -0.05) is 6.07 Å². The van der Waals surface area contributed by atoms with Crippen LogP contribution in [0.25, 0.3) is 0 Å². The molecule has 0 saturated carbocycles. The minimum atomic E-state index is -0.970. The molecule has 1 aliphatic rings. The number of carbonyl (C=O) groups excluding carboxylic acids is 1. The first-order chi connectivity index (χ1) is 9.91. The van der Waals surface area contributed by atoms with Gasteiger partial charge >= 0.3 is 0 Å². The molecule has 0 radical (unpaired) electrons. The van der Waals surface area contributed by atoms with Gasteiger partial charge in [0.1, 0.15) is 0 Å². The third-order valence-corrected chi connectivity index (χ3v) is 3.68. The van der Waals surface area contributed by atoms with Crippen LogP contribution in [0.15, 0.2) is 18.2 Å². The summed E-state index contributed by atoms with van der Waals surface area (Å²) in [5.41, 5.74) is -0.199. The predicted octanol–water partition coefficient (Wildman–Crippen LogP) is 1.17. The summed E-state index contributed by atoms with van der Waals surface area (Å²) in [6.07, 6.45) is 0.919. The van der Waals surface area contributed by atoms with Crippen LogP contribution in [-0.2, 0) is 4.74 Å². The van der Waals surface area contributed by atoms with Crippen molar-refractivity contribution in [3.8, 4) is 0 Å². The molecule has 1 amide bonds. The first-order valence-corrected chi connectivity index (χ1v) is 6.75. The number of nitrogens with one attached hydrogen (secondary N) is 1. The van der Waals surface area contributed by atoms with Crippen molar-refractivity contribution in [3.05, 3.63) is 39.4 Å². The zero-order valence-corrected chi connectivity index (χ0v) is 11.8. The quantitative estimate of drug-likeness (QED) is 0.641. The molecule has 7 nitrogen and oxygen atoms in total. The van der Waals surface area contributed by atoms with Crippen LogP contribution in [0.1, 0.15) is 28.8 Å². The molecule has 7 heteroatoms. The number of amides is 1. The van der Waals surface area contributed by atoms with E-state index in [2.05, 4.69) is 5.32 Å². The summed E-state index contributed by atoms with van der Waals surface area (Å²) in [5, 5.41) is 23.7. The largest absolute Gasteiger partial charge is 0.388 e. The van der Waals surface area contributed by atoms with Crippen molar-refractivity contribution in [2.75, 3.05) is 19.8 Å². The Kier molecular flexibility index (Phi) is 4.54. The van der Waals surface area contributed by atoms with E-state index in [4.69, 9.17) is 4.74 Å². The second-order valence-electron chi connectivity index (χ2n) is 5.28. The molecule has 0 bridgehead atoms. The lowest BCUT2D eigenvalue weighted by Gasteiger charge is -2.32. The standard InChI is InChI=1S/C14H18N2O5/c1-10-2-3-11(16(19)20)8-12(10)13(17)15-9-14(18)4-6-21-7-5-14/h2-3,8,18H,4-7,9H2,1H3,(H,15,17). The highest BCUT2D eigenvalue weighted by Gasteiger charge is 2.30. The molecule has 1 aromatic carbocycles. The molecule has 1 aliphatic heterocycles. The lowest BCUT2D eigenvalue weighted by atomic mass is 9.94. The van der Waals surface area contributed by atoms with E-state index in [1.165, 1.54) is 18.2 Å². The maximum Gasteiger partial charge on any atom is 0.270 e. The number of non-ortho nitro benzene ring substituents is 1. The SMILES string of the molecule is Cc1ccc([N+](=O)[O-])cc1C(=O)NCC1(O)CCOCC1. The van der Waals surface area contributed by atoms with Crippen molar-refractivity contribution < 1.29 is 19.6 Å². The fourth-order valence-electron chi connectivity index (χ4n) is 2.24. The van der Waals surface area contributed by atoms with Crippen LogP contribution in [0.2, 0.25) is 0 Å². The predicted molar refractivity (Wildman–Crippen MR) is 75.2 cm³/mol. The Hall–Kier alpha value is -1.99. The number of nitro benzene ring substituents is 1. The number of aliphatic hydroxyl groups is 1. The number of hydrogen-bond acceptors (Lipinski definition) is 5. The second kappa shape index (κ2) is 6.19. The van der Waals surface area contributed by atoms with Crippen LogP contribution in [0, 0.1) is 17.0 Å². The van der Waals surface area contributed by atoms with Gasteiger partial charge in [0.2, 0.25) is 0 Å². The fraction of sp³-hybridized carbons (Fsp3) is 0.500. The third kappa shape index (κ3) is 3.77. The molecule has 1 aromatic rings. The van der Waals surface area contributed by atoms with Gasteiger partial charge in [-0.3, -0.25) is 14.9 Å². The van der Waals surface area contributed by atoms with Crippen molar-refractivity contribution in [1.29, 1.82) is 0 Å². The molecule has 1 heterocycles. The van der Waals surface area contributed by atoms with E-state index in [0.29, 0.717) is 31.6 Å². The van der Waals surface area contributed by atoms with E-state index >= 15 is 0 Å². The molecule has 0 unspecified atom stereocenters. The highest BCUT2D eigenvalue weighted by molar-refractivity contribution is 5.96. The molecule has 2 N–H and O–H groups in total. The Morgan fingerprint density at radius 3 is 2.76 bits per heavy atom. The molecule has 0 atom stereocenters. The number of nitro groups is 1. The molecule has 1 fully saturated rings. The number of benzene rings is 1. The lowest BCUT2D eigenvalue weighted by molar-refractivity contribution is -0.384. The van der Waals surface area contributed by atoms with Crippen LogP contribution in [0.5, 0.6) is 0 Å². The molecule has 2 rings (SSSR count). The van der Waals surface area contributed by atoms with Gasteiger partial charge in [-0.2, -0.15) is 0 Å². The fourth-order valence-corrected chi connectivity index (χ4v) is 2.24. The number of carbonyl (C=O) groups is 1. The summed E-state index contributed by atoms with van der Waals surface area (Å²) in [4.78, 5) is 22.4. The second-order valence-corrected chi connectivity index (χ2v) is 5.28. The van der Waals surface area contributed by atoms with E-state index in [1.807, 2.05) is 0 Å². The Balaban J connectivity index is 2.06. The van der Waals surface area contributed by atoms with Gasteiger partial charge in [-0.15, -0.1) is 0 Å². The first kappa shape index (κ1) is 15.4. The van der Waals surface area contributed by atoms with Gasteiger partial charge < -0.3 is 15.2 Å². The Morgan fingerprint density at radius 2 is 2.14 bits per heavy atom. The first-order valence-electron chi connectivity index (χ1n) is 6.75. The number of hydrogen-bond donors (Lipinski definition) is 2. The summed E-state index contributed by atoms with van der Waals surface area (Å²) < 4.78 is 5.17. The zero-order chi connectivity index (χ0) is 15.5. The van der Waals surface area contributed by atoms with Crippen molar-refractivity contribution in [1.82, 2.24) is 5.32 Å². The Morgan fingerprint density at radius 1 is 1.48 bits per heavy atom. The summed E-state index contributed by atoms with van der Waals surface area (Å²) in [7, 11) is 0. The molecule has 0 spiro atoms. The Bertz CT molecular complexity index is 552. The van der Waals surface area contributed by atoms with Gasteiger partial charge in [-0.25, -0.2) is 0 Å². The number of nitrogens with zero attached hydrogens (tertiary/aromatic N) is 1. The summed E-state index contributed by atoms with van der Waals surface area (Å²) >= 11 is 0. The lowest BCUT2D eigenvalue weighted by Crippen LogP contribution is -2.46. The van der Waals surface area contributed by atoms with Crippen molar-refractivity contribution in [2.24, 2.45) is 0 Å². The summed E-state index contributed by atoms with van der Waals surface area (Å²) in [6, 6.07) is 4.15. The highest BCUT2D eigenvalue weighted by atomic mass is 16.6. The molecule has 0 aromatic heterocycles. The van der Waals surface area contributed by atoms with Crippen LogP contribution < -0.4 is 5.32 Å². The van der Waals surface area contributed by atoms with Crippen LogP contribution >= 0.6 is 0 Å². The number of aryl methyl sites for hydroxylation is 1. The maximum absolute atomic E-state index is 12.1.